The van der Waals surface area contributed by atoms with Gasteiger partial charge in [0.2, 0.25) is 10.0 Å². The molecule has 1 unspecified atom stereocenters. The molecule has 26 heavy (non-hydrogen) atoms. The SMILES string of the molecule is CC(NC(=O)c1cccc(S(=O)(=O)N2CCNCC2)c1)c1nccs1.Cl. The minimum Gasteiger partial charge on any atom is -0.343 e. The molecule has 1 aliphatic heterocycles. The quantitative estimate of drug-likeness (QED) is 0.773. The van der Waals surface area contributed by atoms with Crippen LogP contribution in [0.3, 0.4) is 0 Å². The molecule has 3 rings (SSSR count). The zero-order chi connectivity index (χ0) is 17.9. The first kappa shape index (κ1) is 20.8. The molecule has 7 nitrogen and oxygen atoms in total. The van der Waals surface area contributed by atoms with E-state index in [9.17, 15) is 13.2 Å². The molecule has 0 saturated carbocycles. The number of rotatable bonds is 5. The van der Waals surface area contributed by atoms with Crippen molar-refractivity contribution in [1.82, 2.24) is 19.9 Å². The van der Waals surface area contributed by atoms with Gasteiger partial charge >= 0.3 is 0 Å². The average Bonchev–Trinajstić information content (AvgIpc) is 3.17. The lowest BCUT2D eigenvalue weighted by Gasteiger charge is -2.26. The van der Waals surface area contributed by atoms with Crippen molar-refractivity contribution in [2.24, 2.45) is 0 Å². The third-order valence-corrected chi connectivity index (χ3v) is 6.83. The van der Waals surface area contributed by atoms with Crippen LogP contribution in [-0.4, -0.2) is 49.8 Å². The fourth-order valence-corrected chi connectivity index (χ4v) is 4.76. The second-order valence-corrected chi connectivity index (χ2v) is 8.61. The van der Waals surface area contributed by atoms with Crippen molar-refractivity contribution in [2.75, 3.05) is 26.2 Å². The largest absolute Gasteiger partial charge is 0.343 e. The Bertz CT molecular complexity index is 837. The van der Waals surface area contributed by atoms with Crippen LogP contribution in [0.15, 0.2) is 40.7 Å². The predicted octanol–water partition coefficient (Wildman–Crippen LogP) is 1.65. The highest BCUT2D eigenvalue weighted by atomic mass is 35.5. The van der Waals surface area contributed by atoms with E-state index in [4.69, 9.17) is 0 Å². The number of carbonyl (C=O) groups excluding carboxylic acids is 1. The Balaban J connectivity index is 0.00000243. The third-order valence-electron chi connectivity index (χ3n) is 3.98. The van der Waals surface area contributed by atoms with Crippen molar-refractivity contribution in [2.45, 2.75) is 17.9 Å². The number of nitrogens with zero attached hydrogens (tertiary/aromatic N) is 2. The van der Waals surface area contributed by atoms with Crippen LogP contribution in [0.2, 0.25) is 0 Å². The van der Waals surface area contributed by atoms with E-state index in [0.717, 1.165) is 5.01 Å². The molecular weight excluding hydrogens is 396 g/mol. The van der Waals surface area contributed by atoms with Crippen molar-refractivity contribution >= 4 is 39.7 Å². The number of piperazine rings is 1. The molecule has 0 bridgehead atoms. The summed E-state index contributed by atoms with van der Waals surface area (Å²) in [5.41, 5.74) is 0.319. The molecule has 1 saturated heterocycles. The van der Waals surface area contributed by atoms with Gasteiger partial charge in [-0.15, -0.1) is 23.7 Å². The molecule has 2 heterocycles. The van der Waals surface area contributed by atoms with Crippen LogP contribution >= 0.6 is 23.7 Å². The molecule has 1 aliphatic rings. The lowest BCUT2D eigenvalue weighted by atomic mass is 10.2. The van der Waals surface area contributed by atoms with Crippen LogP contribution < -0.4 is 10.6 Å². The van der Waals surface area contributed by atoms with Gasteiger partial charge in [-0.25, -0.2) is 13.4 Å². The van der Waals surface area contributed by atoms with Gasteiger partial charge in [0.25, 0.3) is 5.91 Å². The van der Waals surface area contributed by atoms with Gasteiger partial charge in [-0.2, -0.15) is 4.31 Å². The highest BCUT2D eigenvalue weighted by molar-refractivity contribution is 7.89. The summed E-state index contributed by atoms with van der Waals surface area (Å²) in [4.78, 5) is 16.8. The fraction of sp³-hybridized carbons (Fsp3) is 0.375. The maximum atomic E-state index is 12.7. The lowest BCUT2D eigenvalue weighted by Crippen LogP contribution is -2.46. The number of thiazole rings is 1. The summed E-state index contributed by atoms with van der Waals surface area (Å²) < 4.78 is 26.9. The van der Waals surface area contributed by atoms with E-state index in [0.29, 0.717) is 31.7 Å². The first-order valence-electron chi connectivity index (χ1n) is 7.99. The van der Waals surface area contributed by atoms with Crippen LogP contribution in [-0.2, 0) is 10.0 Å². The number of amides is 1. The standard InChI is InChI=1S/C16H20N4O3S2.ClH/c1-12(16-18-7-10-24-16)19-15(21)13-3-2-4-14(11-13)25(22,23)20-8-5-17-6-9-20;/h2-4,7,10-12,17H,5-6,8-9H2,1H3,(H,19,21);1H. The number of aromatic nitrogens is 1. The maximum absolute atomic E-state index is 12.7. The van der Waals surface area contributed by atoms with Gasteiger partial charge in [-0.05, 0) is 25.1 Å². The van der Waals surface area contributed by atoms with Crippen LogP contribution in [0.4, 0.5) is 0 Å². The smallest absolute Gasteiger partial charge is 0.251 e. The van der Waals surface area contributed by atoms with E-state index in [2.05, 4.69) is 15.6 Å². The molecule has 1 atom stereocenters. The maximum Gasteiger partial charge on any atom is 0.251 e. The molecular formula is C16H21ClN4O3S2. The zero-order valence-corrected chi connectivity index (χ0v) is 16.7. The summed E-state index contributed by atoms with van der Waals surface area (Å²) >= 11 is 1.46. The third kappa shape index (κ3) is 4.60. The number of carbonyl (C=O) groups is 1. The van der Waals surface area contributed by atoms with Gasteiger partial charge < -0.3 is 10.6 Å². The molecule has 0 spiro atoms. The van der Waals surface area contributed by atoms with E-state index >= 15 is 0 Å². The number of hydrogen-bond donors (Lipinski definition) is 2. The molecule has 0 radical (unpaired) electrons. The summed E-state index contributed by atoms with van der Waals surface area (Å²) in [6, 6.07) is 5.93. The molecule has 1 aromatic heterocycles. The first-order valence-corrected chi connectivity index (χ1v) is 10.3. The van der Waals surface area contributed by atoms with Crippen LogP contribution in [0, 0.1) is 0 Å². The van der Waals surface area contributed by atoms with E-state index in [1.54, 1.807) is 18.3 Å². The Labute approximate surface area is 163 Å². The summed E-state index contributed by atoms with van der Waals surface area (Å²) in [6.07, 6.45) is 1.68. The molecule has 1 amide bonds. The number of hydrogen-bond acceptors (Lipinski definition) is 6. The van der Waals surface area contributed by atoms with Gasteiger partial charge in [-0.3, -0.25) is 4.79 Å². The lowest BCUT2D eigenvalue weighted by molar-refractivity contribution is 0.0939. The minimum absolute atomic E-state index is 0. The molecule has 142 valence electrons. The second kappa shape index (κ2) is 8.92. The van der Waals surface area contributed by atoms with Gasteiger partial charge in [0, 0.05) is 43.3 Å². The molecule has 2 aromatic rings. The average molecular weight is 417 g/mol. The van der Waals surface area contributed by atoms with Gasteiger partial charge in [-0.1, -0.05) is 6.07 Å². The highest BCUT2D eigenvalue weighted by Crippen LogP contribution is 2.19. The monoisotopic (exact) mass is 416 g/mol. The fourth-order valence-electron chi connectivity index (χ4n) is 2.62. The summed E-state index contributed by atoms with van der Waals surface area (Å²) in [6.45, 7) is 3.97. The first-order chi connectivity index (χ1) is 12.0. The second-order valence-electron chi connectivity index (χ2n) is 5.75. The van der Waals surface area contributed by atoms with Gasteiger partial charge in [0.05, 0.1) is 10.9 Å². The summed E-state index contributed by atoms with van der Waals surface area (Å²) in [5, 5.41) is 8.62. The Morgan fingerprint density at radius 1 is 1.35 bits per heavy atom. The highest BCUT2D eigenvalue weighted by Gasteiger charge is 2.26. The van der Waals surface area contributed by atoms with Gasteiger partial charge in [0.15, 0.2) is 0 Å². The summed E-state index contributed by atoms with van der Waals surface area (Å²) in [7, 11) is -3.59. The number of nitrogens with one attached hydrogen (secondary N) is 2. The summed E-state index contributed by atoms with van der Waals surface area (Å²) in [5.74, 6) is -0.319. The molecule has 10 heteroatoms. The van der Waals surface area contributed by atoms with Crippen LogP contribution in [0.25, 0.3) is 0 Å². The predicted molar refractivity (Wildman–Crippen MR) is 103 cm³/mol. The number of sulfonamides is 1. The zero-order valence-electron chi connectivity index (χ0n) is 14.2. The Kier molecular flexibility index (Phi) is 7.13. The van der Waals surface area contributed by atoms with E-state index < -0.39 is 10.0 Å². The normalized spacial score (nSPS) is 16.5. The van der Waals surface area contributed by atoms with Crippen molar-refractivity contribution < 1.29 is 13.2 Å². The molecule has 0 aliphatic carbocycles. The van der Waals surface area contributed by atoms with Crippen molar-refractivity contribution in [1.29, 1.82) is 0 Å². The van der Waals surface area contributed by atoms with Gasteiger partial charge in [0.1, 0.15) is 5.01 Å². The number of halogens is 1. The van der Waals surface area contributed by atoms with Crippen molar-refractivity contribution in [3.05, 3.63) is 46.4 Å². The molecule has 1 aromatic carbocycles. The Morgan fingerprint density at radius 3 is 2.73 bits per heavy atom. The van der Waals surface area contributed by atoms with E-state index in [1.165, 1.54) is 27.8 Å². The molecule has 1 fully saturated rings. The van der Waals surface area contributed by atoms with E-state index in [-0.39, 0.29) is 29.3 Å². The number of benzene rings is 1. The van der Waals surface area contributed by atoms with Crippen LogP contribution in [0.5, 0.6) is 0 Å². The van der Waals surface area contributed by atoms with Crippen molar-refractivity contribution in [3.8, 4) is 0 Å². The van der Waals surface area contributed by atoms with Crippen LogP contribution in [0.1, 0.15) is 28.3 Å². The van der Waals surface area contributed by atoms with Crippen molar-refractivity contribution in [3.63, 3.8) is 0 Å². The molecule has 2 N–H and O–H groups in total. The Hall–Kier alpha value is -1.52. The minimum atomic E-state index is -3.59. The Morgan fingerprint density at radius 2 is 2.08 bits per heavy atom. The topological polar surface area (TPSA) is 91.4 Å². The van der Waals surface area contributed by atoms with E-state index in [1.807, 2.05) is 12.3 Å².